The van der Waals surface area contributed by atoms with E-state index in [2.05, 4.69) is 18.8 Å². The normalized spacial score (nSPS) is 43.5. The van der Waals surface area contributed by atoms with Crippen LogP contribution in [0, 0.1) is 34.5 Å². The number of aromatic hydroxyl groups is 1. The predicted molar refractivity (Wildman–Crippen MR) is 128 cm³/mol. The van der Waals surface area contributed by atoms with Crippen molar-refractivity contribution in [1.29, 1.82) is 0 Å². The van der Waals surface area contributed by atoms with Crippen molar-refractivity contribution >= 4 is 6.21 Å². The number of aliphatic imine (C=N–C) groups is 1. The Balaban J connectivity index is 1.34. The average molecular weight is 440 g/mol. The predicted octanol–water partition coefficient (Wildman–Crippen LogP) is 5.98. The summed E-state index contributed by atoms with van der Waals surface area (Å²) >= 11 is 0. The van der Waals surface area contributed by atoms with Crippen molar-refractivity contribution in [3.05, 3.63) is 23.8 Å². The molecule has 4 aliphatic rings. The quantitative estimate of drug-likeness (QED) is 0.567. The van der Waals surface area contributed by atoms with E-state index in [1.54, 1.807) is 19.4 Å². The maximum absolute atomic E-state index is 11.9. The third kappa shape index (κ3) is 3.23. The van der Waals surface area contributed by atoms with E-state index in [4.69, 9.17) is 4.74 Å². The molecule has 4 heteroatoms. The molecule has 0 aliphatic heterocycles. The van der Waals surface area contributed by atoms with Crippen molar-refractivity contribution < 1.29 is 14.9 Å². The van der Waals surface area contributed by atoms with Gasteiger partial charge < -0.3 is 14.9 Å². The number of fused-ring (bicyclic) bond motifs is 5. The van der Waals surface area contributed by atoms with E-state index >= 15 is 0 Å². The van der Waals surface area contributed by atoms with E-state index in [1.807, 2.05) is 12.1 Å². The molecule has 7 unspecified atom stereocenters. The summed E-state index contributed by atoms with van der Waals surface area (Å²) in [7, 11) is 1.55. The third-order valence-corrected chi connectivity index (χ3v) is 10.7. The van der Waals surface area contributed by atoms with E-state index in [-0.39, 0.29) is 11.2 Å². The van der Waals surface area contributed by atoms with Gasteiger partial charge in [0.05, 0.1) is 19.3 Å². The zero-order valence-electron chi connectivity index (χ0n) is 20.1. The highest BCUT2D eigenvalue weighted by Gasteiger charge is 2.64. The molecule has 0 saturated heterocycles. The zero-order valence-corrected chi connectivity index (χ0v) is 20.1. The summed E-state index contributed by atoms with van der Waals surface area (Å²) in [6, 6.07) is 5.42. The first-order valence-corrected chi connectivity index (χ1v) is 12.9. The van der Waals surface area contributed by atoms with Gasteiger partial charge in [-0.05, 0) is 92.6 Å². The number of phenolic OH excluding ortho intramolecular Hbond substituents is 1. The smallest absolute Gasteiger partial charge is 0.166 e. The molecule has 1 aromatic rings. The number of para-hydroxylation sites is 1. The van der Waals surface area contributed by atoms with Crippen LogP contribution in [0.25, 0.3) is 0 Å². The van der Waals surface area contributed by atoms with Crippen LogP contribution in [0.1, 0.15) is 83.6 Å². The minimum atomic E-state index is -0.752. The van der Waals surface area contributed by atoms with Crippen LogP contribution in [0.2, 0.25) is 0 Å². The Labute approximate surface area is 193 Å². The molecule has 0 spiro atoms. The number of aliphatic hydroxyl groups is 1. The fourth-order valence-corrected chi connectivity index (χ4v) is 8.77. The molecule has 1 aromatic carbocycles. The fraction of sp³-hybridized carbons (Fsp3) is 0.750. The van der Waals surface area contributed by atoms with E-state index in [1.165, 1.54) is 44.9 Å². The van der Waals surface area contributed by atoms with Crippen LogP contribution in [-0.2, 0) is 0 Å². The molecule has 32 heavy (non-hydrogen) atoms. The molecular formula is C28H41NO3. The molecule has 0 aromatic heterocycles. The molecule has 4 aliphatic carbocycles. The van der Waals surface area contributed by atoms with Crippen LogP contribution in [-0.4, -0.2) is 35.7 Å². The summed E-state index contributed by atoms with van der Waals surface area (Å²) in [5.41, 5.74) is 0.364. The SMILES string of the molecule is COc1cccc(C=NCC2(O)CCC3C4CCC5CCCCC5(C)C4CCC32C)c1O. The molecule has 0 radical (unpaired) electrons. The van der Waals surface area contributed by atoms with Crippen molar-refractivity contribution in [2.75, 3.05) is 13.7 Å². The second kappa shape index (κ2) is 8.04. The second-order valence-corrected chi connectivity index (χ2v) is 11.8. The monoisotopic (exact) mass is 439 g/mol. The van der Waals surface area contributed by atoms with Gasteiger partial charge in [0.25, 0.3) is 0 Å². The fourth-order valence-electron chi connectivity index (χ4n) is 8.77. The Morgan fingerprint density at radius 1 is 1.03 bits per heavy atom. The highest BCUT2D eigenvalue weighted by Crippen LogP contribution is 2.68. The Hall–Kier alpha value is -1.55. The molecule has 4 fully saturated rings. The molecule has 0 heterocycles. The minimum Gasteiger partial charge on any atom is -0.504 e. The van der Waals surface area contributed by atoms with Gasteiger partial charge >= 0.3 is 0 Å². The molecule has 4 saturated carbocycles. The number of hydrogen-bond donors (Lipinski definition) is 2. The Kier molecular flexibility index (Phi) is 5.59. The molecule has 176 valence electrons. The third-order valence-electron chi connectivity index (χ3n) is 10.7. The lowest BCUT2D eigenvalue weighted by Gasteiger charge is -2.61. The summed E-state index contributed by atoms with van der Waals surface area (Å²) in [5.74, 6) is 3.73. The Morgan fingerprint density at radius 2 is 1.84 bits per heavy atom. The lowest BCUT2D eigenvalue weighted by atomic mass is 9.44. The van der Waals surface area contributed by atoms with Gasteiger partial charge in [-0.2, -0.15) is 0 Å². The van der Waals surface area contributed by atoms with Crippen LogP contribution in [0.3, 0.4) is 0 Å². The number of hydrogen-bond acceptors (Lipinski definition) is 4. The number of phenols is 1. The summed E-state index contributed by atoms with van der Waals surface area (Å²) in [4.78, 5) is 4.66. The number of methoxy groups -OCH3 is 1. The van der Waals surface area contributed by atoms with Gasteiger partial charge in [0.2, 0.25) is 0 Å². The van der Waals surface area contributed by atoms with Gasteiger partial charge in [-0.3, -0.25) is 4.99 Å². The number of ether oxygens (including phenoxy) is 1. The first-order valence-electron chi connectivity index (χ1n) is 12.9. The summed E-state index contributed by atoms with van der Waals surface area (Å²) < 4.78 is 5.21. The highest BCUT2D eigenvalue weighted by atomic mass is 16.5. The minimum absolute atomic E-state index is 0.0558. The van der Waals surface area contributed by atoms with Crippen molar-refractivity contribution in [2.24, 2.45) is 39.5 Å². The van der Waals surface area contributed by atoms with Crippen LogP contribution in [0.4, 0.5) is 0 Å². The molecule has 2 N–H and O–H groups in total. The van der Waals surface area contributed by atoms with Gasteiger partial charge in [0.15, 0.2) is 11.5 Å². The topological polar surface area (TPSA) is 62.0 Å². The highest BCUT2D eigenvalue weighted by molar-refractivity contribution is 5.84. The van der Waals surface area contributed by atoms with E-state index < -0.39 is 5.60 Å². The zero-order chi connectivity index (χ0) is 22.6. The summed E-state index contributed by atoms with van der Waals surface area (Å²) in [6.45, 7) is 5.38. The summed E-state index contributed by atoms with van der Waals surface area (Å²) in [5, 5.41) is 22.2. The Morgan fingerprint density at radius 3 is 2.66 bits per heavy atom. The largest absolute Gasteiger partial charge is 0.504 e. The molecule has 0 amide bonds. The van der Waals surface area contributed by atoms with E-state index in [0.29, 0.717) is 29.2 Å². The van der Waals surface area contributed by atoms with E-state index in [0.717, 1.165) is 37.0 Å². The lowest BCUT2D eigenvalue weighted by Crippen LogP contribution is -2.56. The van der Waals surface area contributed by atoms with Crippen LogP contribution < -0.4 is 4.74 Å². The molecule has 0 bridgehead atoms. The van der Waals surface area contributed by atoms with Crippen molar-refractivity contribution in [1.82, 2.24) is 0 Å². The van der Waals surface area contributed by atoms with E-state index in [9.17, 15) is 10.2 Å². The maximum Gasteiger partial charge on any atom is 0.166 e. The molecule has 4 nitrogen and oxygen atoms in total. The van der Waals surface area contributed by atoms with Crippen LogP contribution in [0.5, 0.6) is 11.5 Å². The maximum atomic E-state index is 11.9. The summed E-state index contributed by atoms with van der Waals surface area (Å²) in [6.07, 6.45) is 14.5. The molecule has 5 rings (SSSR count). The average Bonchev–Trinajstić information content (AvgIpc) is 3.05. The lowest BCUT2D eigenvalue weighted by molar-refractivity contribution is -0.147. The molecular weight excluding hydrogens is 398 g/mol. The van der Waals surface area contributed by atoms with Crippen LogP contribution in [0.15, 0.2) is 23.2 Å². The second-order valence-electron chi connectivity index (χ2n) is 11.8. The Bertz CT molecular complexity index is 883. The first-order chi connectivity index (χ1) is 15.3. The number of nitrogens with zero attached hydrogens (tertiary/aromatic N) is 1. The number of benzene rings is 1. The van der Waals surface area contributed by atoms with Gasteiger partial charge in [0.1, 0.15) is 0 Å². The molecule has 7 atom stereocenters. The number of rotatable bonds is 4. The van der Waals surface area contributed by atoms with Gasteiger partial charge in [-0.25, -0.2) is 0 Å². The standard InChI is InChI=1S/C28H41NO3/c1-26-14-5-4-8-20(26)10-11-21-22(26)12-15-27(2)23(21)13-16-28(27,31)18-29-17-19-7-6-9-24(32-3)25(19)30/h6-7,9,17,20-23,30-31H,4-5,8,10-16,18H2,1-3H3. The first kappa shape index (κ1) is 22.3. The van der Waals surface area contributed by atoms with Crippen LogP contribution >= 0.6 is 0 Å². The van der Waals surface area contributed by atoms with Crippen molar-refractivity contribution in [3.63, 3.8) is 0 Å². The van der Waals surface area contributed by atoms with Crippen molar-refractivity contribution in [2.45, 2.75) is 83.7 Å². The van der Waals surface area contributed by atoms with Gasteiger partial charge in [-0.15, -0.1) is 0 Å². The van der Waals surface area contributed by atoms with Crippen molar-refractivity contribution in [3.8, 4) is 11.5 Å². The van der Waals surface area contributed by atoms with Gasteiger partial charge in [-0.1, -0.05) is 32.8 Å². The van der Waals surface area contributed by atoms with Gasteiger partial charge in [0, 0.05) is 17.2 Å².